The number of fused-ring (bicyclic) bond motifs is 1. The molecule has 1 saturated carbocycles. The molecule has 7 nitrogen and oxygen atoms in total. The summed E-state index contributed by atoms with van der Waals surface area (Å²) in [5, 5.41) is 14.3. The second-order valence-electron chi connectivity index (χ2n) is 9.81. The molecular formula is C26H28ClN3O4. The number of aromatic nitrogens is 1. The van der Waals surface area contributed by atoms with Crippen molar-refractivity contribution in [1.82, 2.24) is 10.3 Å². The summed E-state index contributed by atoms with van der Waals surface area (Å²) in [7, 11) is 0. The van der Waals surface area contributed by atoms with Crippen molar-refractivity contribution in [2.24, 2.45) is 17.8 Å². The van der Waals surface area contributed by atoms with Crippen molar-refractivity contribution in [1.29, 1.82) is 0 Å². The van der Waals surface area contributed by atoms with E-state index < -0.39 is 41.2 Å². The molecular weight excluding hydrogens is 454 g/mol. The van der Waals surface area contributed by atoms with E-state index in [-0.39, 0.29) is 5.92 Å². The first-order valence-corrected chi connectivity index (χ1v) is 12.3. The monoisotopic (exact) mass is 481 g/mol. The van der Waals surface area contributed by atoms with E-state index in [1.54, 1.807) is 42.6 Å². The molecule has 2 aliphatic heterocycles. The molecule has 8 heteroatoms. The summed E-state index contributed by atoms with van der Waals surface area (Å²) in [6.45, 7) is 1.84. The van der Waals surface area contributed by atoms with Crippen molar-refractivity contribution in [2.45, 2.75) is 57.0 Å². The smallest absolute Gasteiger partial charge is 0.324 e. The van der Waals surface area contributed by atoms with Gasteiger partial charge in [0.2, 0.25) is 11.8 Å². The summed E-state index contributed by atoms with van der Waals surface area (Å²) in [5.41, 5.74) is 0.228. The standard InChI is InChI=1S/C26H28ClN3O4/c1-15-10-11-17(13-18(15)27)30-23(31)20-21(24(30)32)26(25(33)34,14-16-7-3-2-4-8-16)29-22(20)19-9-5-6-12-28-19/h5-6,9-13,16,20-22,29H,2-4,7-8,14H2,1H3,(H,33,34). The fourth-order valence-electron chi connectivity index (χ4n) is 6.11. The van der Waals surface area contributed by atoms with Crippen LogP contribution in [0.4, 0.5) is 5.69 Å². The number of carboxylic acid groups (broad SMARTS) is 1. The van der Waals surface area contributed by atoms with Gasteiger partial charge in [-0.3, -0.25) is 24.7 Å². The maximum Gasteiger partial charge on any atom is 0.324 e. The number of amides is 2. The first kappa shape index (κ1) is 23.0. The van der Waals surface area contributed by atoms with Crippen molar-refractivity contribution in [3.05, 3.63) is 58.9 Å². The third-order valence-electron chi connectivity index (χ3n) is 7.79. The maximum absolute atomic E-state index is 13.9. The molecule has 0 bridgehead atoms. The minimum atomic E-state index is -1.54. The van der Waals surface area contributed by atoms with Crippen LogP contribution in [0.3, 0.4) is 0 Å². The molecule has 2 amide bonds. The zero-order chi connectivity index (χ0) is 24.0. The van der Waals surface area contributed by atoms with Gasteiger partial charge in [0.1, 0.15) is 5.54 Å². The zero-order valence-corrected chi connectivity index (χ0v) is 19.8. The minimum Gasteiger partial charge on any atom is -0.480 e. The Balaban J connectivity index is 1.61. The average Bonchev–Trinajstić information content (AvgIpc) is 3.31. The highest BCUT2D eigenvalue weighted by atomic mass is 35.5. The Kier molecular flexibility index (Phi) is 5.94. The van der Waals surface area contributed by atoms with Crippen molar-refractivity contribution in [3.8, 4) is 0 Å². The van der Waals surface area contributed by atoms with Crippen LogP contribution in [0.5, 0.6) is 0 Å². The van der Waals surface area contributed by atoms with Gasteiger partial charge < -0.3 is 5.11 Å². The topological polar surface area (TPSA) is 99.6 Å². The van der Waals surface area contributed by atoms with Gasteiger partial charge in [-0.25, -0.2) is 4.90 Å². The predicted molar refractivity (Wildman–Crippen MR) is 127 cm³/mol. The van der Waals surface area contributed by atoms with E-state index in [4.69, 9.17) is 11.6 Å². The quantitative estimate of drug-likeness (QED) is 0.618. The van der Waals surface area contributed by atoms with Crippen LogP contribution >= 0.6 is 11.6 Å². The molecule has 2 saturated heterocycles. The third-order valence-corrected chi connectivity index (χ3v) is 8.20. The molecule has 5 rings (SSSR count). The van der Waals surface area contributed by atoms with Crippen LogP contribution in [-0.2, 0) is 14.4 Å². The number of carboxylic acids is 1. The Bertz CT molecular complexity index is 1130. The number of halogens is 1. The highest BCUT2D eigenvalue weighted by molar-refractivity contribution is 6.32. The number of benzene rings is 1. The number of hydrogen-bond donors (Lipinski definition) is 2. The lowest BCUT2D eigenvalue weighted by Gasteiger charge is -2.35. The largest absolute Gasteiger partial charge is 0.480 e. The number of carbonyl (C=O) groups is 3. The summed E-state index contributed by atoms with van der Waals surface area (Å²) in [6.07, 6.45) is 7.05. The second kappa shape index (κ2) is 8.78. The molecule has 2 N–H and O–H groups in total. The number of carbonyl (C=O) groups excluding carboxylic acids is 2. The van der Waals surface area contributed by atoms with Crippen molar-refractivity contribution < 1.29 is 19.5 Å². The Hall–Kier alpha value is -2.77. The number of hydrogen-bond acceptors (Lipinski definition) is 5. The molecule has 3 aliphatic rings. The Morgan fingerprint density at radius 2 is 1.94 bits per heavy atom. The van der Waals surface area contributed by atoms with Gasteiger partial charge in [-0.2, -0.15) is 0 Å². The van der Waals surface area contributed by atoms with Gasteiger partial charge in [0.15, 0.2) is 0 Å². The van der Waals surface area contributed by atoms with E-state index in [0.29, 0.717) is 22.8 Å². The van der Waals surface area contributed by atoms with Gasteiger partial charge in [0, 0.05) is 11.2 Å². The van der Waals surface area contributed by atoms with Crippen LogP contribution in [0.1, 0.15) is 55.8 Å². The molecule has 34 heavy (non-hydrogen) atoms. The van der Waals surface area contributed by atoms with E-state index in [1.165, 1.54) is 0 Å². The molecule has 1 aliphatic carbocycles. The van der Waals surface area contributed by atoms with Gasteiger partial charge in [0.25, 0.3) is 0 Å². The summed E-state index contributed by atoms with van der Waals surface area (Å²) in [4.78, 5) is 46.1. The number of imide groups is 1. The molecule has 0 spiro atoms. The van der Waals surface area contributed by atoms with E-state index in [9.17, 15) is 19.5 Å². The first-order chi connectivity index (χ1) is 16.3. The van der Waals surface area contributed by atoms with Gasteiger partial charge in [0.05, 0.1) is 29.3 Å². The van der Waals surface area contributed by atoms with Gasteiger partial charge in [-0.15, -0.1) is 0 Å². The summed E-state index contributed by atoms with van der Waals surface area (Å²) >= 11 is 6.30. The van der Waals surface area contributed by atoms with E-state index in [0.717, 1.165) is 42.6 Å². The van der Waals surface area contributed by atoms with Crippen LogP contribution in [-0.4, -0.2) is 33.4 Å². The molecule has 2 aromatic rings. The maximum atomic E-state index is 13.9. The number of rotatable bonds is 5. The molecule has 0 radical (unpaired) electrons. The highest BCUT2D eigenvalue weighted by Crippen LogP contribution is 2.52. The van der Waals surface area contributed by atoms with Crippen LogP contribution in [0, 0.1) is 24.7 Å². The van der Waals surface area contributed by atoms with Gasteiger partial charge >= 0.3 is 5.97 Å². The number of nitrogens with one attached hydrogen (secondary N) is 1. The fraction of sp³-hybridized carbons (Fsp3) is 0.462. The fourth-order valence-corrected chi connectivity index (χ4v) is 6.28. The van der Waals surface area contributed by atoms with E-state index in [2.05, 4.69) is 10.3 Å². The average molecular weight is 482 g/mol. The SMILES string of the molecule is Cc1ccc(N2C(=O)C3C(c4ccccn4)NC(CC4CCCCC4)(C(=O)O)C3C2=O)cc1Cl. The van der Waals surface area contributed by atoms with Crippen LogP contribution < -0.4 is 10.2 Å². The second-order valence-corrected chi connectivity index (χ2v) is 10.2. The van der Waals surface area contributed by atoms with Gasteiger partial charge in [-0.05, 0) is 49.1 Å². The third kappa shape index (κ3) is 3.62. The lowest BCUT2D eigenvalue weighted by molar-refractivity contribution is -0.150. The molecule has 3 fully saturated rings. The lowest BCUT2D eigenvalue weighted by Crippen LogP contribution is -2.57. The Morgan fingerprint density at radius 1 is 1.18 bits per heavy atom. The number of aryl methyl sites for hydroxylation is 1. The molecule has 4 unspecified atom stereocenters. The number of pyridine rings is 1. The van der Waals surface area contributed by atoms with Crippen molar-refractivity contribution in [3.63, 3.8) is 0 Å². The van der Waals surface area contributed by atoms with E-state index in [1.807, 2.05) is 6.92 Å². The number of anilines is 1. The lowest BCUT2D eigenvalue weighted by atomic mass is 9.72. The Morgan fingerprint density at radius 3 is 2.59 bits per heavy atom. The molecule has 1 aromatic heterocycles. The Labute approximate surface area is 203 Å². The van der Waals surface area contributed by atoms with Crippen LogP contribution in [0.15, 0.2) is 42.6 Å². The van der Waals surface area contributed by atoms with Crippen molar-refractivity contribution >= 4 is 35.1 Å². The summed E-state index contributed by atoms with van der Waals surface area (Å²) in [5.74, 6) is -3.68. The predicted octanol–water partition coefficient (Wildman–Crippen LogP) is 4.29. The minimum absolute atomic E-state index is 0.186. The summed E-state index contributed by atoms with van der Waals surface area (Å²) in [6, 6.07) is 9.72. The molecule has 178 valence electrons. The first-order valence-electron chi connectivity index (χ1n) is 11.9. The summed E-state index contributed by atoms with van der Waals surface area (Å²) < 4.78 is 0. The number of aliphatic carboxylic acids is 1. The van der Waals surface area contributed by atoms with Crippen molar-refractivity contribution in [2.75, 3.05) is 4.90 Å². The molecule has 4 atom stereocenters. The molecule has 3 heterocycles. The number of nitrogens with zero attached hydrogens (tertiary/aromatic N) is 2. The van der Waals surface area contributed by atoms with E-state index >= 15 is 0 Å². The highest BCUT2D eigenvalue weighted by Gasteiger charge is 2.69. The van der Waals surface area contributed by atoms with Gasteiger partial charge in [-0.1, -0.05) is 55.8 Å². The normalized spacial score (nSPS) is 29.5. The van der Waals surface area contributed by atoms with Crippen LogP contribution in [0.25, 0.3) is 0 Å². The van der Waals surface area contributed by atoms with Crippen LogP contribution in [0.2, 0.25) is 5.02 Å². The molecule has 1 aromatic carbocycles. The zero-order valence-electron chi connectivity index (χ0n) is 19.0.